The molecule has 0 saturated carbocycles. The zero-order valence-electron chi connectivity index (χ0n) is 9.26. The fourth-order valence-electron chi connectivity index (χ4n) is 1.39. The molecule has 0 bridgehead atoms. The molecule has 1 aromatic heterocycles. The van der Waals surface area contributed by atoms with Crippen molar-refractivity contribution in [1.82, 2.24) is 9.88 Å². The molecule has 2 N–H and O–H groups in total. The molecule has 0 atom stereocenters. The number of amides is 1. The summed E-state index contributed by atoms with van der Waals surface area (Å²) in [6, 6.07) is 1.39. The summed E-state index contributed by atoms with van der Waals surface area (Å²) >= 11 is 0. The Labute approximate surface area is 94.4 Å². The van der Waals surface area contributed by atoms with Crippen LogP contribution in [0.15, 0.2) is 18.5 Å². The number of aliphatic hydroxyl groups excluding tert-OH is 1. The standard InChI is InChI=1S/C11H16N2O3/c1-2-13(4-3-5-14)11(16)9-6-10(15)8-12-7-9/h6-8,14-15H,2-5H2,1H3. The highest BCUT2D eigenvalue weighted by Crippen LogP contribution is 2.11. The van der Waals surface area contributed by atoms with E-state index in [-0.39, 0.29) is 18.3 Å². The summed E-state index contributed by atoms with van der Waals surface area (Å²) in [7, 11) is 0. The minimum atomic E-state index is -0.181. The monoisotopic (exact) mass is 224 g/mol. The van der Waals surface area contributed by atoms with Gasteiger partial charge in [0.2, 0.25) is 0 Å². The van der Waals surface area contributed by atoms with Crippen molar-refractivity contribution in [3.8, 4) is 5.75 Å². The maximum Gasteiger partial charge on any atom is 0.255 e. The second-order valence-electron chi connectivity index (χ2n) is 3.39. The topological polar surface area (TPSA) is 73.7 Å². The van der Waals surface area contributed by atoms with Gasteiger partial charge in [0.05, 0.1) is 11.8 Å². The van der Waals surface area contributed by atoms with Crippen molar-refractivity contribution in [2.45, 2.75) is 13.3 Å². The molecule has 5 heteroatoms. The zero-order chi connectivity index (χ0) is 12.0. The average molecular weight is 224 g/mol. The van der Waals surface area contributed by atoms with E-state index >= 15 is 0 Å². The van der Waals surface area contributed by atoms with Crippen LogP contribution in [0.2, 0.25) is 0 Å². The first-order chi connectivity index (χ1) is 7.69. The Morgan fingerprint density at radius 2 is 2.25 bits per heavy atom. The lowest BCUT2D eigenvalue weighted by molar-refractivity contribution is 0.0753. The molecule has 88 valence electrons. The molecule has 0 fully saturated rings. The van der Waals surface area contributed by atoms with E-state index in [0.29, 0.717) is 25.1 Å². The summed E-state index contributed by atoms with van der Waals surface area (Å²) in [4.78, 5) is 17.3. The van der Waals surface area contributed by atoms with Crippen LogP contribution in [-0.4, -0.2) is 45.7 Å². The third kappa shape index (κ3) is 3.20. The average Bonchev–Trinajstić information content (AvgIpc) is 2.29. The lowest BCUT2D eigenvalue weighted by Crippen LogP contribution is -2.32. The van der Waals surface area contributed by atoms with E-state index in [1.165, 1.54) is 18.5 Å². The van der Waals surface area contributed by atoms with Crippen molar-refractivity contribution in [3.05, 3.63) is 24.0 Å². The number of hydrogen-bond donors (Lipinski definition) is 2. The van der Waals surface area contributed by atoms with Crippen molar-refractivity contribution in [2.75, 3.05) is 19.7 Å². The molecular weight excluding hydrogens is 208 g/mol. The van der Waals surface area contributed by atoms with Crippen LogP contribution in [0.3, 0.4) is 0 Å². The number of aromatic nitrogens is 1. The molecule has 0 aliphatic heterocycles. The zero-order valence-corrected chi connectivity index (χ0v) is 9.26. The van der Waals surface area contributed by atoms with E-state index in [4.69, 9.17) is 5.11 Å². The first kappa shape index (κ1) is 12.4. The molecule has 0 saturated heterocycles. The van der Waals surface area contributed by atoms with Crippen LogP contribution in [0, 0.1) is 0 Å². The molecule has 1 amide bonds. The van der Waals surface area contributed by atoms with Gasteiger partial charge < -0.3 is 15.1 Å². The van der Waals surface area contributed by atoms with Gasteiger partial charge in [-0.25, -0.2) is 0 Å². The fourth-order valence-corrected chi connectivity index (χ4v) is 1.39. The number of pyridine rings is 1. The second-order valence-corrected chi connectivity index (χ2v) is 3.39. The highest BCUT2D eigenvalue weighted by Gasteiger charge is 2.14. The predicted molar refractivity (Wildman–Crippen MR) is 59.2 cm³/mol. The van der Waals surface area contributed by atoms with E-state index in [2.05, 4.69) is 4.98 Å². The predicted octanol–water partition coefficient (Wildman–Crippen LogP) is 0.632. The first-order valence-corrected chi connectivity index (χ1v) is 5.23. The number of carbonyl (C=O) groups excluding carboxylic acids is 1. The Morgan fingerprint density at radius 1 is 1.50 bits per heavy atom. The fraction of sp³-hybridized carbons (Fsp3) is 0.455. The van der Waals surface area contributed by atoms with Gasteiger partial charge in [0, 0.05) is 25.9 Å². The third-order valence-electron chi connectivity index (χ3n) is 2.23. The van der Waals surface area contributed by atoms with Gasteiger partial charge in [0.15, 0.2) is 0 Å². The van der Waals surface area contributed by atoms with Crippen LogP contribution in [0.25, 0.3) is 0 Å². The van der Waals surface area contributed by atoms with Gasteiger partial charge in [-0.15, -0.1) is 0 Å². The minimum absolute atomic E-state index is 0.0240. The van der Waals surface area contributed by atoms with Gasteiger partial charge in [0.1, 0.15) is 5.75 Å². The van der Waals surface area contributed by atoms with Crippen LogP contribution in [0.4, 0.5) is 0 Å². The summed E-state index contributed by atoms with van der Waals surface area (Å²) in [6.45, 7) is 2.99. The number of hydrogen-bond acceptors (Lipinski definition) is 4. The quantitative estimate of drug-likeness (QED) is 0.769. The molecular formula is C11H16N2O3. The molecule has 0 radical (unpaired) electrons. The van der Waals surface area contributed by atoms with Gasteiger partial charge >= 0.3 is 0 Å². The van der Waals surface area contributed by atoms with Crippen molar-refractivity contribution in [2.24, 2.45) is 0 Å². The van der Waals surface area contributed by atoms with Gasteiger partial charge in [-0.3, -0.25) is 9.78 Å². The summed E-state index contributed by atoms with van der Waals surface area (Å²) in [5, 5.41) is 17.9. The molecule has 1 aromatic rings. The number of aliphatic hydroxyl groups is 1. The molecule has 0 aromatic carbocycles. The lowest BCUT2D eigenvalue weighted by Gasteiger charge is -2.20. The maximum atomic E-state index is 11.9. The Hall–Kier alpha value is -1.62. The SMILES string of the molecule is CCN(CCCO)C(=O)c1cncc(O)c1. The van der Waals surface area contributed by atoms with Gasteiger partial charge in [-0.2, -0.15) is 0 Å². The molecule has 0 aliphatic carbocycles. The second kappa shape index (κ2) is 6.07. The summed E-state index contributed by atoms with van der Waals surface area (Å²) in [5.74, 6) is -0.205. The lowest BCUT2D eigenvalue weighted by atomic mass is 10.2. The summed E-state index contributed by atoms with van der Waals surface area (Å²) in [6.07, 6.45) is 3.25. The molecule has 1 rings (SSSR count). The molecule has 0 spiro atoms. The Bertz CT molecular complexity index is 355. The van der Waals surface area contributed by atoms with E-state index in [0.717, 1.165) is 0 Å². The Morgan fingerprint density at radius 3 is 2.81 bits per heavy atom. The van der Waals surface area contributed by atoms with Gasteiger partial charge in [-0.05, 0) is 19.4 Å². The van der Waals surface area contributed by atoms with Crippen molar-refractivity contribution >= 4 is 5.91 Å². The van der Waals surface area contributed by atoms with E-state index in [1.54, 1.807) is 4.90 Å². The number of rotatable bonds is 5. The highest BCUT2D eigenvalue weighted by atomic mass is 16.3. The van der Waals surface area contributed by atoms with E-state index in [9.17, 15) is 9.90 Å². The summed E-state index contributed by atoms with van der Waals surface area (Å²) < 4.78 is 0. The Balaban J connectivity index is 2.74. The third-order valence-corrected chi connectivity index (χ3v) is 2.23. The highest BCUT2D eigenvalue weighted by molar-refractivity contribution is 5.94. The minimum Gasteiger partial charge on any atom is -0.506 e. The van der Waals surface area contributed by atoms with Crippen LogP contribution in [-0.2, 0) is 0 Å². The molecule has 1 heterocycles. The van der Waals surface area contributed by atoms with Gasteiger partial charge in [-0.1, -0.05) is 0 Å². The van der Waals surface area contributed by atoms with Crippen LogP contribution >= 0.6 is 0 Å². The number of nitrogens with zero attached hydrogens (tertiary/aromatic N) is 2. The van der Waals surface area contributed by atoms with Crippen molar-refractivity contribution < 1.29 is 15.0 Å². The maximum absolute atomic E-state index is 11.9. The first-order valence-electron chi connectivity index (χ1n) is 5.23. The van der Waals surface area contributed by atoms with E-state index in [1.807, 2.05) is 6.92 Å². The van der Waals surface area contributed by atoms with Crippen molar-refractivity contribution in [3.63, 3.8) is 0 Å². The van der Waals surface area contributed by atoms with Crippen LogP contribution in [0.1, 0.15) is 23.7 Å². The van der Waals surface area contributed by atoms with Gasteiger partial charge in [0.25, 0.3) is 5.91 Å². The molecule has 5 nitrogen and oxygen atoms in total. The van der Waals surface area contributed by atoms with E-state index < -0.39 is 0 Å². The normalized spacial score (nSPS) is 10.1. The van der Waals surface area contributed by atoms with Crippen LogP contribution in [0.5, 0.6) is 5.75 Å². The van der Waals surface area contributed by atoms with Crippen molar-refractivity contribution in [1.29, 1.82) is 0 Å². The molecule has 16 heavy (non-hydrogen) atoms. The Kier molecular flexibility index (Phi) is 4.72. The molecule has 0 unspecified atom stereocenters. The van der Waals surface area contributed by atoms with Crippen LogP contribution < -0.4 is 0 Å². The molecule has 0 aliphatic rings. The number of aromatic hydroxyl groups is 1. The number of carbonyl (C=O) groups is 1. The largest absolute Gasteiger partial charge is 0.506 e. The summed E-state index contributed by atoms with van der Waals surface area (Å²) in [5.41, 5.74) is 0.361. The smallest absolute Gasteiger partial charge is 0.255 e.